The first kappa shape index (κ1) is 35.3. The molecule has 0 heterocycles. The predicted octanol–water partition coefficient (Wildman–Crippen LogP) is 10.2. The van der Waals surface area contributed by atoms with Gasteiger partial charge in [-0.05, 0) is 80.9 Å². The molecule has 43 heavy (non-hydrogen) atoms. The number of hydrogen-bond donors (Lipinski definition) is 0. The number of halogens is 13. The number of benzene rings is 1. The molecule has 3 rings (SSSR count). The molecule has 0 amide bonds. The highest BCUT2D eigenvalue weighted by Gasteiger charge is 2.91. The maximum Gasteiger partial charge on any atom is 0.460 e. The molecule has 1 aromatic rings. The van der Waals surface area contributed by atoms with Gasteiger partial charge in [0.1, 0.15) is 5.75 Å². The first-order chi connectivity index (χ1) is 19.6. The first-order valence-corrected chi connectivity index (χ1v) is 13.9. The Kier molecular flexibility index (Phi) is 10.1. The summed E-state index contributed by atoms with van der Waals surface area (Å²) in [5, 5.41) is 0. The molecular formula is C28H31F13O2. The van der Waals surface area contributed by atoms with Gasteiger partial charge < -0.3 is 4.74 Å². The van der Waals surface area contributed by atoms with Gasteiger partial charge in [-0.15, -0.1) is 0 Å². The Hall–Kier alpha value is -2.22. The third kappa shape index (κ3) is 6.46. The molecule has 2 fully saturated rings. The molecule has 2 nitrogen and oxygen atoms in total. The highest BCUT2D eigenvalue weighted by atomic mass is 19.4. The number of rotatable bonds is 10. The minimum Gasteiger partial charge on any atom is -0.426 e. The summed E-state index contributed by atoms with van der Waals surface area (Å²) in [6.45, 7) is 2.13. The van der Waals surface area contributed by atoms with Crippen molar-refractivity contribution in [1.82, 2.24) is 0 Å². The van der Waals surface area contributed by atoms with E-state index >= 15 is 0 Å². The predicted molar refractivity (Wildman–Crippen MR) is 128 cm³/mol. The van der Waals surface area contributed by atoms with Crippen molar-refractivity contribution in [3.8, 4) is 5.75 Å². The van der Waals surface area contributed by atoms with Gasteiger partial charge >= 0.3 is 41.8 Å². The molecule has 2 saturated carbocycles. The molecule has 15 heteroatoms. The molecule has 2 aliphatic rings. The molecule has 0 aliphatic heterocycles. The van der Waals surface area contributed by atoms with E-state index < -0.39 is 79.3 Å². The van der Waals surface area contributed by atoms with Crippen molar-refractivity contribution in [2.24, 2.45) is 17.8 Å². The van der Waals surface area contributed by atoms with Gasteiger partial charge in [-0.25, -0.2) is 0 Å². The Morgan fingerprint density at radius 1 is 0.674 bits per heavy atom. The summed E-state index contributed by atoms with van der Waals surface area (Å²) in [4.78, 5) is 12.5. The van der Waals surface area contributed by atoms with Crippen LogP contribution in [0.5, 0.6) is 5.75 Å². The van der Waals surface area contributed by atoms with Crippen LogP contribution in [0, 0.1) is 17.8 Å². The zero-order valence-corrected chi connectivity index (χ0v) is 22.9. The third-order valence-corrected chi connectivity index (χ3v) is 8.64. The van der Waals surface area contributed by atoms with Crippen LogP contribution in [0.4, 0.5) is 57.1 Å². The van der Waals surface area contributed by atoms with Crippen molar-refractivity contribution < 1.29 is 66.6 Å². The van der Waals surface area contributed by atoms with Crippen LogP contribution in [0.1, 0.15) is 82.6 Å². The van der Waals surface area contributed by atoms with Crippen LogP contribution in [0.3, 0.4) is 0 Å². The van der Waals surface area contributed by atoms with Crippen LogP contribution in [0.2, 0.25) is 0 Å². The molecule has 0 saturated heterocycles. The SMILES string of the molecule is CCC[C@H]1CC[C@H](c2ccc(OC(=O)[C@H]3CC[C@H](C(F)(F)C(F)(F)C(F)(F)C(F)(F)C(F)(F)C(F)(F)F)CC3)cc2)CC1. The third-order valence-electron chi connectivity index (χ3n) is 8.64. The Bertz CT molecular complexity index is 1080. The molecule has 0 bridgehead atoms. The van der Waals surface area contributed by atoms with Gasteiger partial charge in [0.2, 0.25) is 0 Å². The highest BCUT2D eigenvalue weighted by Crippen LogP contribution is 2.62. The maximum atomic E-state index is 14.5. The molecule has 1 aromatic carbocycles. The highest BCUT2D eigenvalue weighted by molar-refractivity contribution is 5.75. The van der Waals surface area contributed by atoms with Crippen molar-refractivity contribution in [2.75, 3.05) is 0 Å². The van der Waals surface area contributed by atoms with E-state index in [4.69, 9.17) is 4.74 Å². The molecule has 0 unspecified atom stereocenters. The molecular weight excluding hydrogens is 615 g/mol. The number of carbonyl (C=O) groups is 1. The van der Waals surface area contributed by atoms with Gasteiger partial charge in [0.15, 0.2) is 0 Å². The standard InChI is InChI=1S/C28H31F13O2/c1-2-3-16-4-6-17(7-5-16)18-10-14-21(15-11-18)43-22(42)19-8-12-20(13-9-19)23(29,30)24(31,32)25(33,34)26(35,36)27(37,38)28(39,40)41/h10-11,14-17,19-20H,2-9,12-13H2,1H3/t16-,17-,19-,20-. The van der Waals surface area contributed by atoms with Crippen molar-refractivity contribution in [3.05, 3.63) is 29.8 Å². The minimum atomic E-state index is -7.92. The summed E-state index contributed by atoms with van der Waals surface area (Å²) < 4.78 is 180. The van der Waals surface area contributed by atoms with E-state index in [0.717, 1.165) is 37.7 Å². The zero-order chi connectivity index (χ0) is 32.6. The summed E-state index contributed by atoms with van der Waals surface area (Å²) >= 11 is 0. The van der Waals surface area contributed by atoms with E-state index in [1.54, 1.807) is 12.1 Å². The van der Waals surface area contributed by atoms with Crippen LogP contribution in [0.25, 0.3) is 0 Å². The first-order valence-electron chi connectivity index (χ1n) is 13.9. The second kappa shape index (κ2) is 12.3. The Morgan fingerprint density at radius 3 is 1.63 bits per heavy atom. The van der Waals surface area contributed by atoms with E-state index in [2.05, 4.69) is 6.92 Å². The molecule has 0 spiro atoms. The number of alkyl halides is 13. The summed E-state index contributed by atoms with van der Waals surface area (Å²) in [5.41, 5.74) is 1.04. The maximum absolute atomic E-state index is 14.5. The minimum absolute atomic E-state index is 0.0971. The number of esters is 1. The van der Waals surface area contributed by atoms with Crippen molar-refractivity contribution in [2.45, 2.75) is 113 Å². The topological polar surface area (TPSA) is 26.3 Å². The molecule has 0 N–H and O–H groups in total. The van der Waals surface area contributed by atoms with Crippen molar-refractivity contribution in [3.63, 3.8) is 0 Å². The average Bonchev–Trinajstić information content (AvgIpc) is 2.93. The van der Waals surface area contributed by atoms with E-state index in [0.29, 0.717) is 11.8 Å². The lowest BCUT2D eigenvalue weighted by Gasteiger charge is -2.43. The second-order valence-electron chi connectivity index (χ2n) is 11.5. The zero-order valence-electron chi connectivity index (χ0n) is 22.9. The van der Waals surface area contributed by atoms with Gasteiger partial charge in [-0.3, -0.25) is 4.79 Å². The molecule has 246 valence electrons. The summed E-state index contributed by atoms with van der Waals surface area (Å²) in [5.74, 6) is -40.8. The van der Waals surface area contributed by atoms with Gasteiger partial charge in [-0.1, -0.05) is 31.9 Å². The fourth-order valence-corrected chi connectivity index (χ4v) is 5.93. The quantitative estimate of drug-likeness (QED) is 0.144. The normalized spacial score (nSPS) is 25.0. The van der Waals surface area contributed by atoms with Crippen LogP contribution in [0.15, 0.2) is 24.3 Å². The van der Waals surface area contributed by atoms with Gasteiger partial charge in [0, 0.05) is 5.92 Å². The largest absolute Gasteiger partial charge is 0.460 e. The molecule has 2 aliphatic carbocycles. The van der Waals surface area contributed by atoms with Crippen molar-refractivity contribution >= 4 is 5.97 Å². The lowest BCUT2D eigenvalue weighted by molar-refractivity contribution is -0.443. The van der Waals surface area contributed by atoms with Gasteiger partial charge in [0.05, 0.1) is 5.92 Å². The molecule has 0 aromatic heterocycles. The van der Waals surface area contributed by atoms with Gasteiger partial charge in [-0.2, -0.15) is 57.1 Å². The van der Waals surface area contributed by atoms with E-state index in [-0.39, 0.29) is 5.75 Å². The molecule has 0 atom stereocenters. The van der Waals surface area contributed by atoms with E-state index in [9.17, 15) is 61.9 Å². The average molecular weight is 647 g/mol. The lowest BCUT2D eigenvalue weighted by Crippen LogP contribution is -2.71. The van der Waals surface area contributed by atoms with Crippen molar-refractivity contribution in [1.29, 1.82) is 0 Å². The molecule has 0 radical (unpaired) electrons. The van der Waals surface area contributed by atoms with Crippen LogP contribution in [-0.2, 0) is 4.79 Å². The monoisotopic (exact) mass is 646 g/mol. The number of ether oxygens (including phenoxy) is 1. The Labute approximate surface area is 239 Å². The Balaban J connectivity index is 1.61. The number of carbonyl (C=O) groups excluding carboxylic acids is 1. The lowest BCUT2D eigenvalue weighted by atomic mass is 9.75. The summed E-state index contributed by atoms with van der Waals surface area (Å²) in [6, 6.07) is 6.58. The van der Waals surface area contributed by atoms with E-state index in [1.807, 2.05) is 0 Å². The van der Waals surface area contributed by atoms with Crippen LogP contribution >= 0.6 is 0 Å². The van der Waals surface area contributed by atoms with Crippen LogP contribution < -0.4 is 4.74 Å². The summed E-state index contributed by atoms with van der Waals surface area (Å²) in [6.07, 6.45) is -4.48. The number of hydrogen-bond acceptors (Lipinski definition) is 2. The fourth-order valence-electron chi connectivity index (χ4n) is 5.93. The smallest absolute Gasteiger partial charge is 0.426 e. The Morgan fingerprint density at radius 2 is 1.16 bits per heavy atom. The van der Waals surface area contributed by atoms with Crippen LogP contribution in [-0.4, -0.2) is 41.8 Å². The van der Waals surface area contributed by atoms with E-state index in [1.165, 1.54) is 18.6 Å². The second-order valence-corrected chi connectivity index (χ2v) is 11.5. The summed E-state index contributed by atoms with van der Waals surface area (Å²) in [7, 11) is 0. The fraction of sp³-hybridized carbons (Fsp3) is 0.750. The van der Waals surface area contributed by atoms with Gasteiger partial charge in [0.25, 0.3) is 0 Å².